The Balaban J connectivity index is 1.89. The van der Waals surface area contributed by atoms with Crippen molar-refractivity contribution in [2.45, 2.75) is 19.8 Å². The van der Waals surface area contributed by atoms with Gasteiger partial charge in [0.2, 0.25) is 0 Å². The van der Waals surface area contributed by atoms with Gasteiger partial charge in [-0.1, -0.05) is 49.4 Å². The van der Waals surface area contributed by atoms with Gasteiger partial charge in [0.15, 0.2) is 5.96 Å². The highest BCUT2D eigenvalue weighted by Gasteiger charge is 1.98. The number of benzene rings is 2. The van der Waals surface area contributed by atoms with E-state index in [4.69, 9.17) is 0 Å². The molecule has 0 amide bonds. The normalized spacial score (nSPS) is 11.6. The number of hydrogen-bond acceptors (Lipinski definition) is 1. The summed E-state index contributed by atoms with van der Waals surface area (Å²) < 4.78 is 0. The maximum Gasteiger partial charge on any atom is 0.190 e. The van der Waals surface area contributed by atoms with Gasteiger partial charge in [0, 0.05) is 20.1 Å². The molecule has 0 aliphatic heterocycles. The molecule has 3 heteroatoms. The zero-order valence-electron chi connectivity index (χ0n) is 12.3. The van der Waals surface area contributed by atoms with E-state index < -0.39 is 0 Å². The Hall–Kier alpha value is -2.03. The van der Waals surface area contributed by atoms with Gasteiger partial charge in [0.1, 0.15) is 0 Å². The largest absolute Gasteiger partial charge is 0.356 e. The molecule has 2 aromatic carbocycles. The van der Waals surface area contributed by atoms with E-state index in [-0.39, 0.29) is 0 Å². The van der Waals surface area contributed by atoms with Crippen LogP contribution in [0.1, 0.15) is 18.9 Å². The lowest BCUT2D eigenvalue weighted by Gasteiger charge is -2.11. The van der Waals surface area contributed by atoms with Crippen LogP contribution in [0.25, 0.3) is 10.8 Å². The van der Waals surface area contributed by atoms with Crippen molar-refractivity contribution in [3.8, 4) is 0 Å². The molecule has 0 heterocycles. The molecule has 0 fully saturated rings. The molecule has 0 saturated heterocycles. The summed E-state index contributed by atoms with van der Waals surface area (Å²) in [5.74, 6) is 0.882. The molecule has 0 aliphatic carbocycles. The Morgan fingerprint density at radius 3 is 2.50 bits per heavy atom. The van der Waals surface area contributed by atoms with Gasteiger partial charge < -0.3 is 10.6 Å². The van der Waals surface area contributed by atoms with Gasteiger partial charge in [-0.2, -0.15) is 0 Å². The highest BCUT2D eigenvalue weighted by Crippen LogP contribution is 2.15. The Kier molecular flexibility index (Phi) is 5.42. The summed E-state index contributed by atoms with van der Waals surface area (Å²) in [6, 6.07) is 15.1. The SMILES string of the molecule is CCCNC(=NC)NCCc1ccc2ccccc2c1. The van der Waals surface area contributed by atoms with Gasteiger partial charge in [-0.25, -0.2) is 0 Å². The maximum atomic E-state index is 4.20. The molecular formula is C17H23N3. The van der Waals surface area contributed by atoms with Gasteiger partial charge in [0.25, 0.3) is 0 Å². The lowest BCUT2D eigenvalue weighted by Crippen LogP contribution is -2.38. The van der Waals surface area contributed by atoms with Gasteiger partial charge in [-0.05, 0) is 29.2 Å². The predicted octanol–water partition coefficient (Wildman–Crippen LogP) is 2.96. The lowest BCUT2D eigenvalue weighted by molar-refractivity contribution is 0.774. The van der Waals surface area contributed by atoms with Crippen molar-refractivity contribution in [3.05, 3.63) is 48.0 Å². The first-order chi connectivity index (χ1) is 9.83. The van der Waals surface area contributed by atoms with Gasteiger partial charge in [0.05, 0.1) is 0 Å². The fourth-order valence-corrected chi connectivity index (χ4v) is 2.18. The van der Waals surface area contributed by atoms with E-state index in [1.807, 2.05) is 0 Å². The molecule has 0 unspecified atom stereocenters. The van der Waals surface area contributed by atoms with Crippen molar-refractivity contribution >= 4 is 16.7 Å². The minimum absolute atomic E-state index is 0.882. The molecule has 0 saturated carbocycles. The van der Waals surface area contributed by atoms with Crippen LogP contribution in [-0.2, 0) is 6.42 Å². The third kappa shape index (κ3) is 3.98. The van der Waals surface area contributed by atoms with Gasteiger partial charge >= 0.3 is 0 Å². The molecule has 2 rings (SSSR count). The number of nitrogens with zero attached hydrogens (tertiary/aromatic N) is 1. The van der Waals surface area contributed by atoms with Crippen LogP contribution in [0.2, 0.25) is 0 Å². The molecule has 0 bridgehead atoms. The molecule has 2 aromatic rings. The first-order valence-electron chi connectivity index (χ1n) is 7.25. The van der Waals surface area contributed by atoms with E-state index in [0.717, 1.165) is 31.9 Å². The molecule has 20 heavy (non-hydrogen) atoms. The fraction of sp³-hybridized carbons (Fsp3) is 0.353. The average molecular weight is 269 g/mol. The Labute approximate surface area is 121 Å². The molecule has 0 radical (unpaired) electrons. The Bertz CT molecular complexity index is 575. The molecular weight excluding hydrogens is 246 g/mol. The fourth-order valence-electron chi connectivity index (χ4n) is 2.18. The highest BCUT2D eigenvalue weighted by atomic mass is 15.2. The van der Waals surface area contributed by atoms with E-state index in [1.165, 1.54) is 16.3 Å². The molecule has 0 spiro atoms. The molecule has 2 N–H and O–H groups in total. The summed E-state index contributed by atoms with van der Waals surface area (Å²) in [5, 5.41) is 9.21. The van der Waals surface area contributed by atoms with Gasteiger partial charge in [-0.15, -0.1) is 0 Å². The van der Waals surface area contributed by atoms with E-state index >= 15 is 0 Å². The van der Waals surface area contributed by atoms with E-state index in [0.29, 0.717) is 0 Å². The van der Waals surface area contributed by atoms with Crippen LogP contribution in [0, 0.1) is 0 Å². The zero-order valence-corrected chi connectivity index (χ0v) is 12.3. The lowest BCUT2D eigenvalue weighted by atomic mass is 10.1. The van der Waals surface area contributed by atoms with Crippen LogP contribution < -0.4 is 10.6 Å². The highest BCUT2D eigenvalue weighted by molar-refractivity contribution is 5.83. The quantitative estimate of drug-likeness (QED) is 0.647. The molecule has 106 valence electrons. The molecule has 0 aromatic heterocycles. The predicted molar refractivity (Wildman–Crippen MR) is 87.3 cm³/mol. The van der Waals surface area contributed by atoms with Crippen LogP contribution in [0.3, 0.4) is 0 Å². The summed E-state index contributed by atoms with van der Waals surface area (Å²) >= 11 is 0. The summed E-state index contributed by atoms with van der Waals surface area (Å²) in [6.45, 7) is 3.99. The second kappa shape index (κ2) is 7.53. The van der Waals surface area contributed by atoms with Crippen LogP contribution >= 0.6 is 0 Å². The third-order valence-corrected chi connectivity index (χ3v) is 3.29. The van der Waals surface area contributed by atoms with Crippen molar-refractivity contribution in [3.63, 3.8) is 0 Å². The van der Waals surface area contributed by atoms with Crippen molar-refractivity contribution in [2.75, 3.05) is 20.1 Å². The van der Waals surface area contributed by atoms with Crippen LogP contribution in [0.15, 0.2) is 47.5 Å². The van der Waals surface area contributed by atoms with E-state index in [9.17, 15) is 0 Å². The zero-order chi connectivity index (χ0) is 14.2. The third-order valence-electron chi connectivity index (χ3n) is 3.29. The Morgan fingerprint density at radius 2 is 1.75 bits per heavy atom. The second-order valence-electron chi connectivity index (χ2n) is 4.86. The number of guanidine groups is 1. The van der Waals surface area contributed by atoms with Crippen LogP contribution in [-0.4, -0.2) is 26.1 Å². The molecule has 0 atom stereocenters. The number of aliphatic imine (C=N–C) groups is 1. The maximum absolute atomic E-state index is 4.20. The van der Waals surface area contributed by atoms with Crippen molar-refractivity contribution in [1.82, 2.24) is 10.6 Å². The first-order valence-corrected chi connectivity index (χ1v) is 7.25. The van der Waals surface area contributed by atoms with Crippen LogP contribution in [0.4, 0.5) is 0 Å². The number of nitrogens with one attached hydrogen (secondary N) is 2. The standard InChI is InChI=1S/C17H23N3/c1-3-11-19-17(18-2)20-12-10-14-8-9-15-6-4-5-7-16(15)13-14/h4-9,13H,3,10-12H2,1-2H3,(H2,18,19,20). The summed E-state index contributed by atoms with van der Waals surface area (Å²) in [7, 11) is 1.81. The van der Waals surface area contributed by atoms with Gasteiger partial charge in [-0.3, -0.25) is 4.99 Å². The minimum Gasteiger partial charge on any atom is -0.356 e. The summed E-state index contributed by atoms with van der Waals surface area (Å²) in [5.41, 5.74) is 1.35. The smallest absolute Gasteiger partial charge is 0.190 e. The monoisotopic (exact) mass is 269 g/mol. The van der Waals surface area contributed by atoms with Crippen molar-refractivity contribution < 1.29 is 0 Å². The average Bonchev–Trinajstić information content (AvgIpc) is 2.50. The molecule has 0 aliphatic rings. The van der Waals surface area contributed by atoms with Crippen molar-refractivity contribution in [1.29, 1.82) is 0 Å². The summed E-state index contributed by atoms with van der Waals surface area (Å²) in [6.07, 6.45) is 2.10. The van der Waals surface area contributed by atoms with E-state index in [2.05, 4.69) is 65.0 Å². The van der Waals surface area contributed by atoms with Crippen LogP contribution in [0.5, 0.6) is 0 Å². The van der Waals surface area contributed by atoms with E-state index in [1.54, 1.807) is 7.05 Å². The minimum atomic E-state index is 0.882. The second-order valence-corrected chi connectivity index (χ2v) is 4.86. The van der Waals surface area contributed by atoms with Crippen molar-refractivity contribution in [2.24, 2.45) is 4.99 Å². The molecule has 3 nitrogen and oxygen atoms in total. The number of rotatable bonds is 5. The summed E-state index contributed by atoms with van der Waals surface area (Å²) in [4.78, 5) is 4.20. The number of hydrogen-bond donors (Lipinski definition) is 2. The first kappa shape index (κ1) is 14.4. The Morgan fingerprint density at radius 1 is 1.00 bits per heavy atom. The number of fused-ring (bicyclic) bond motifs is 1. The topological polar surface area (TPSA) is 36.4 Å².